The van der Waals surface area contributed by atoms with Crippen LogP contribution in [0.3, 0.4) is 0 Å². The van der Waals surface area contributed by atoms with E-state index >= 15 is 0 Å². The third-order valence-corrected chi connectivity index (χ3v) is 5.03. The van der Waals surface area contributed by atoms with Crippen LogP contribution in [-0.2, 0) is 6.42 Å². The van der Waals surface area contributed by atoms with Gasteiger partial charge in [-0.3, -0.25) is 0 Å². The minimum Gasteiger partial charge on any atom is -0.411 e. The van der Waals surface area contributed by atoms with Gasteiger partial charge in [-0.05, 0) is 54.9 Å². The number of aryl methyl sites for hydroxylation is 1. The lowest BCUT2D eigenvalue weighted by Gasteiger charge is -2.22. The van der Waals surface area contributed by atoms with E-state index in [1.807, 2.05) is 0 Å². The zero-order valence-electron chi connectivity index (χ0n) is 11.7. The molecule has 4 rings (SSSR count). The normalized spacial score (nSPS) is 21.7. The van der Waals surface area contributed by atoms with Gasteiger partial charge in [0.1, 0.15) is 5.71 Å². The molecule has 1 aromatic carbocycles. The van der Waals surface area contributed by atoms with E-state index in [-0.39, 0.29) is 0 Å². The molecular formula is C17H20N2O. The zero-order valence-corrected chi connectivity index (χ0v) is 11.7. The molecule has 1 fully saturated rings. The van der Waals surface area contributed by atoms with E-state index < -0.39 is 0 Å². The maximum atomic E-state index is 9.06. The van der Waals surface area contributed by atoms with Crippen molar-refractivity contribution in [3.63, 3.8) is 0 Å². The van der Waals surface area contributed by atoms with Crippen molar-refractivity contribution in [2.45, 2.75) is 50.9 Å². The summed E-state index contributed by atoms with van der Waals surface area (Å²) in [7, 11) is 0. The average molecular weight is 268 g/mol. The summed E-state index contributed by atoms with van der Waals surface area (Å²) in [5.41, 5.74) is 5.85. The fourth-order valence-electron chi connectivity index (χ4n) is 3.93. The van der Waals surface area contributed by atoms with Gasteiger partial charge in [0, 0.05) is 10.9 Å². The van der Waals surface area contributed by atoms with Gasteiger partial charge in [0.05, 0.1) is 5.69 Å². The molecule has 0 unspecified atom stereocenters. The summed E-state index contributed by atoms with van der Waals surface area (Å²) in [6.45, 7) is 0. The van der Waals surface area contributed by atoms with E-state index in [0.29, 0.717) is 0 Å². The van der Waals surface area contributed by atoms with Gasteiger partial charge in [-0.1, -0.05) is 30.5 Å². The number of oxime groups is 1. The number of nitrogens with zero attached hydrogens (tertiary/aromatic N) is 1. The smallest absolute Gasteiger partial charge is 0.104 e. The van der Waals surface area contributed by atoms with Gasteiger partial charge in [-0.25, -0.2) is 0 Å². The predicted octanol–water partition coefficient (Wildman–Crippen LogP) is 4.34. The topological polar surface area (TPSA) is 48.4 Å². The highest BCUT2D eigenvalue weighted by molar-refractivity contribution is 6.08. The van der Waals surface area contributed by atoms with Crippen LogP contribution in [0.25, 0.3) is 10.9 Å². The van der Waals surface area contributed by atoms with Crippen LogP contribution in [-0.4, -0.2) is 15.9 Å². The Morgan fingerprint density at radius 1 is 1.10 bits per heavy atom. The molecule has 1 heterocycles. The van der Waals surface area contributed by atoms with Crippen LogP contribution in [0, 0.1) is 0 Å². The largest absolute Gasteiger partial charge is 0.411 e. The number of aromatic nitrogens is 1. The molecule has 2 aliphatic carbocycles. The van der Waals surface area contributed by atoms with Crippen molar-refractivity contribution >= 4 is 16.6 Å². The van der Waals surface area contributed by atoms with Gasteiger partial charge in [0.25, 0.3) is 0 Å². The molecule has 1 aromatic heterocycles. The Labute approximate surface area is 118 Å². The third-order valence-electron chi connectivity index (χ3n) is 5.03. The quantitative estimate of drug-likeness (QED) is 0.586. The molecule has 0 saturated heterocycles. The maximum Gasteiger partial charge on any atom is 0.104 e. The van der Waals surface area contributed by atoms with Crippen LogP contribution in [0.4, 0.5) is 0 Å². The fraction of sp³-hybridized carbons (Fsp3) is 0.471. The Morgan fingerprint density at radius 2 is 1.95 bits per heavy atom. The van der Waals surface area contributed by atoms with Gasteiger partial charge in [0.2, 0.25) is 0 Å². The van der Waals surface area contributed by atoms with Crippen LogP contribution in [0.15, 0.2) is 23.4 Å². The lowest BCUT2D eigenvalue weighted by molar-refractivity contribution is 0.318. The van der Waals surface area contributed by atoms with Crippen LogP contribution >= 0.6 is 0 Å². The first-order valence-electron chi connectivity index (χ1n) is 7.72. The fourth-order valence-corrected chi connectivity index (χ4v) is 3.93. The molecule has 0 aliphatic heterocycles. The molecule has 104 valence electrons. The highest BCUT2D eigenvalue weighted by Crippen LogP contribution is 2.36. The van der Waals surface area contributed by atoms with Crippen molar-refractivity contribution in [3.8, 4) is 0 Å². The molecule has 0 bridgehead atoms. The molecule has 0 amide bonds. The van der Waals surface area contributed by atoms with Crippen LogP contribution < -0.4 is 0 Å². The summed E-state index contributed by atoms with van der Waals surface area (Å²) in [5, 5.41) is 13.8. The Morgan fingerprint density at radius 3 is 2.75 bits per heavy atom. The van der Waals surface area contributed by atoms with Crippen LogP contribution in [0.1, 0.15) is 61.3 Å². The standard InChI is InChI=1S/C17H20N2O/c20-19-16-9-7-13-14-10-12(11-4-2-1-3-5-11)6-8-15(14)18-17(13)16/h6,8,10-11,18,20H,1-5,7,9H2/b19-16+. The Kier molecular flexibility index (Phi) is 2.79. The average Bonchev–Trinajstić information content (AvgIpc) is 3.06. The summed E-state index contributed by atoms with van der Waals surface area (Å²) in [6.07, 6.45) is 8.65. The lowest BCUT2D eigenvalue weighted by atomic mass is 9.83. The van der Waals surface area contributed by atoms with Gasteiger partial charge in [0.15, 0.2) is 0 Å². The molecule has 20 heavy (non-hydrogen) atoms. The van der Waals surface area contributed by atoms with Crippen LogP contribution in [0.5, 0.6) is 0 Å². The van der Waals surface area contributed by atoms with E-state index in [9.17, 15) is 0 Å². The molecule has 0 spiro atoms. The van der Waals surface area contributed by atoms with Crippen molar-refractivity contribution < 1.29 is 5.21 Å². The summed E-state index contributed by atoms with van der Waals surface area (Å²) >= 11 is 0. The molecule has 1 saturated carbocycles. The van der Waals surface area contributed by atoms with Gasteiger partial charge >= 0.3 is 0 Å². The number of H-pyrrole nitrogens is 1. The maximum absolute atomic E-state index is 9.06. The summed E-state index contributed by atoms with van der Waals surface area (Å²) in [6, 6.07) is 6.85. The van der Waals surface area contributed by atoms with Crippen molar-refractivity contribution in [1.82, 2.24) is 4.98 Å². The summed E-state index contributed by atoms with van der Waals surface area (Å²) < 4.78 is 0. The minimum absolute atomic E-state index is 0.742. The number of fused-ring (bicyclic) bond motifs is 3. The first-order chi connectivity index (χ1) is 9.86. The number of hydrogen-bond donors (Lipinski definition) is 2. The second-order valence-corrected chi connectivity index (χ2v) is 6.17. The molecule has 3 heteroatoms. The van der Waals surface area contributed by atoms with Gasteiger partial charge in [-0.15, -0.1) is 0 Å². The zero-order chi connectivity index (χ0) is 13.5. The monoisotopic (exact) mass is 268 g/mol. The second kappa shape index (κ2) is 4.65. The molecule has 3 nitrogen and oxygen atoms in total. The summed E-state index contributed by atoms with van der Waals surface area (Å²) in [4.78, 5) is 3.42. The third kappa shape index (κ3) is 1.76. The molecular weight excluding hydrogens is 248 g/mol. The predicted molar refractivity (Wildman–Crippen MR) is 80.8 cm³/mol. The van der Waals surface area contributed by atoms with Crippen LogP contribution in [0.2, 0.25) is 0 Å². The minimum atomic E-state index is 0.742. The van der Waals surface area contributed by atoms with Crippen molar-refractivity contribution in [3.05, 3.63) is 35.0 Å². The number of aromatic amines is 1. The number of benzene rings is 1. The highest BCUT2D eigenvalue weighted by Gasteiger charge is 2.24. The second-order valence-electron chi connectivity index (χ2n) is 6.17. The lowest BCUT2D eigenvalue weighted by Crippen LogP contribution is -2.04. The summed E-state index contributed by atoms with van der Waals surface area (Å²) in [5.74, 6) is 0.742. The Hall–Kier alpha value is -1.77. The van der Waals surface area contributed by atoms with Gasteiger partial charge in [-0.2, -0.15) is 0 Å². The molecule has 0 radical (unpaired) electrons. The molecule has 0 atom stereocenters. The molecule has 2 aromatic rings. The molecule has 2 aliphatic rings. The molecule has 2 N–H and O–H groups in total. The SMILES string of the molecule is O/N=C1\CCc2c1[nH]c1ccc(C3CCCCC3)cc21. The first-order valence-corrected chi connectivity index (χ1v) is 7.72. The van der Waals surface area contributed by atoms with E-state index in [4.69, 9.17) is 5.21 Å². The van der Waals surface area contributed by atoms with E-state index in [1.165, 1.54) is 54.1 Å². The van der Waals surface area contributed by atoms with Gasteiger partial charge < -0.3 is 10.2 Å². The van der Waals surface area contributed by atoms with E-state index in [1.54, 1.807) is 0 Å². The number of hydrogen-bond acceptors (Lipinski definition) is 2. The van der Waals surface area contributed by atoms with E-state index in [2.05, 4.69) is 28.3 Å². The number of rotatable bonds is 1. The number of nitrogens with one attached hydrogen (secondary N) is 1. The van der Waals surface area contributed by atoms with Crippen molar-refractivity contribution in [2.75, 3.05) is 0 Å². The first kappa shape index (κ1) is 12.0. The van der Waals surface area contributed by atoms with E-state index in [0.717, 1.165) is 30.2 Å². The Bertz CT molecular complexity index is 678. The highest BCUT2D eigenvalue weighted by atomic mass is 16.4. The Balaban J connectivity index is 1.79. The van der Waals surface area contributed by atoms with Crippen molar-refractivity contribution in [2.24, 2.45) is 5.16 Å². The van der Waals surface area contributed by atoms with Crippen molar-refractivity contribution in [1.29, 1.82) is 0 Å².